The highest BCUT2D eigenvalue weighted by Crippen LogP contribution is 2.33. The van der Waals surface area contributed by atoms with Gasteiger partial charge in [0, 0.05) is 6.54 Å². The Morgan fingerprint density at radius 1 is 1.37 bits per heavy atom. The van der Waals surface area contributed by atoms with Crippen molar-refractivity contribution in [3.63, 3.8) is 0 Å². The fourth-order valence-electron chi connectivity index (χ4n) is 1.81. The Morgan fingerprint density at radius 2 is 2.11 bits per heavy atom. The summed E-state index contributed by atoms with van der Waals surface area (Å²) >= 11 is 0. The third-order valence-electron chi connectivity index (χ3n) is 2.72. The molecule has 2 rings (SSSR count). The second kappa shape index (κ2) is 4.90. The minimum Gasteiger partial charge on any atom is -0.370 e. The molecule has 0 spiro atoms. The Hall–Kier alpha value is -2.07. The normalized spacial score (nSPS) is 16.3. The molecule has 4 nitrogen and oxygen atoms in total. The maximum absolute atomic E-state index is 12.5. The Balaban J connectivity index is 2.42. The lowest BCUT2D eigenvalue weighted by Crippen LogP contribution is -2.42. The van der Waals surface area contributed by atoms with Crippen molar-refractivity contribution in [2.45, 2.75) is 6.18 Å². The highest BCUT2D eigenvalue weighted by molar-refractivity contribution is 5.96. The SMILES string of the molecule is N#Cc1cc(C(F)(F)F)ccc1N1CCOCC1=O. The summed E-state index contributed by atoms with van der Waals surface area (Å²) in [4.78, 5) is 12.9. The summed E-state index contributed by atoms with van der Waals surface area (Å²) in [7, 11) is 0. The zero-order valence-electron chi connectivity index (χ0n) is 9.70. The number of carbonyl (C=O) groups excluding carboxylic acids is 1. The minimum atomic E-state index is -4.51. The number of benzene rings is 1. The monoisotopic (exact) mass is 270 g/mol. The molecule has 1 aliphatic heterocycles. The maximum Gasteiger partial charge on any atom is 0.416 e. The Labute approximate surface area is 107 Å². The van der Waals surface area contributed by atoms with E-state index in [1.54, 1.807) is 6.07 Å². The van der Waals surface area contributed by atoms with Crippen molar-refractivity contribution in [1.29, 1.82) is 5.26 Å². The average molecular weight is 270 g/mol. The van der Waals surface area contributed by atoms with Gasteiger partial charge in [0.15, 0.2) is 0 Å². The number of ether oxygens (including phenoxy) is 1. The van der Waals surface area contributed by atoms with Crippen LogP contribution in [0.1, 0.15) is 11.1 Å². The van der Waals surface area contributed by atoms with Crippen LogP contribution in [0.5, 0.6) is 0 Å². The smallest absolute Gasteiger partial charge is 0.370 e. The fraction of sp³-hybridized carbons (Fsp3) is 0.333. The standard InChI is InChI=1S/C12H9F3N2O2/c13-12(14,15)9-1-2-10(8(5-9)6-16)17-3-4-19-7-11(17)18/h1-2,5H,3-4,7H2. The quantitative estimate of drug-likeness (QED) is 0.783. The molecule has 0 N–H and O–H groups in total. The third kappa shape index (κ3) is 2.69. The van der Waals surface area contributed by atoms with E-state index in [0.29, 0.717) is 0 Å². The number of morpholine rings is 1. The number of carbonyl (C=O) groups is 1. The van der Waals surface area contributed by atoms with Crippen LogP contribution in [-0.2, 0) is 15.7 Å². The van der Waals surface area contributed by atoms with Gasteiger partial charge in [-0.3, -0.25) is 4.79 Å². The number of amides is 1. The fourth-order valence-corrected chi connectivity index (χ4v) is 1.81. The molecule has 1 aromatic carbocycles. The number of anilines is 1. The van der Waals surface area contributed by atoms with Crippen molar-refractivity contribution in [3.05, 3.63) is 29.3 Å². The number of alkyl halides is 3. The van der Waals surface area contributed by atoms with Gasteiger partial charge in [0.25, 0.3) is 5.91 Å². The molecule has 1 aliphatic rings. The molecule has 0 aromatic heterocycles. The van der Waals surface area contributed by atoms with Gasteiger partial charge >= 0.3 is 6.18 Å². The van der Waals surface area contributed by atoms with Crippen LogP contribution in [0.2, 0.25) is 0 Å². The van der Waals surface area contributed by atoms with Gasteiger partial charge in [-0.15, -0.1) is 0 Å². The van der Waals surface area contributed by atoms with Crippen molar-refractivity contribution in [3.8, 4) is 6.07 Å². The Morgan fingerprint density at radius 3 is 2.68 bits per heavy atom. The Bertz CT molecular complexity index is 549. The van der Waals surface area contributed by atoms with Crippen molar-refractivity contribution in [1.82, 2.24) is 0 Å². The van der Waals surface area contributed by atoms with E-state index in [4.69, 9.17) is 10.00 Å². The predicted octanol–water partition coefficient (Wildman–Crippen LogP) is 1.94. The highest BCUT2D eigenvalue weighted by atomic mass is 19.4. The van der Waals surface area contributed by atoms with Crippen LogP contribution < -0.4 is 4.90 Å². The van der Waals surface area contributed by atoms with Crippen molar-refractivity contribution >= 4 is 11.6 Å². The lowest BCUT2D eigenvalue weighted by Gasteiger charge is -2.27. The molecule has 7 heteroatoms. The van der Waals surface area contributed by atoms with Gasteiger partial charge < -0.3 is 9.64 Å². The first-order valence-electron chi connectivity index (χ1n) is 5.43. The van der Waals surface area contributed by atoms with E-state index in [0.717, 1.165) is 18.2 Å². The molecule has 0 bridgehead atoms. The molecular weight excluding hydrogens is 261 g/mol. The van der Waals surface area contributed by atoms with Crippen molar-refractivity contribution in [2.24, 2.45) is 0 Å². The van der Waals surface area contributed by atoms with Crippen molar-refractivity contribution in [2.75, 3.05) is 24.7 Å². The van der Waals surface area contributed by atoms with Gasteiger partial charge in [0.1, 0.15) is 12.7 Å². The molecule has 1 fully saturated rings. The number of nitriles is 1. The van der Waals surface area contributed by atoms with E-state index >= 15 is 0 Å². The number of hydrogen-bond acceptors (Lipinski definition) is 3. The predicted molar refractivity (Wildman–Crippen MR) is 59.3 cm³/mol. The van der Waals surface area contributed by atoms with E-state index in [9.17, 15) is 18.0 Å². The molecule has 0 radical (unpaired) electrons. The zero-order valence-corrected chi connectivity index (χ0v) is 9.70. The number of rotatable bonds is 1. The lowest BCUT2D eigenvalue weighted by molar-refractivity contribution is -0.137. The number of nitrogens with zero attached hydrogens (tertiary/aromatic N) is 2. The first-order valence-corrected chi connectivity index (χ1v) is 5.43. The lowest BCUT2D eigenvalue weighted by atomic mass is 10.1. The number of halogens is 3. The molecule has 0 aliphatic carbocycles. The van der Waals surface area contributed by atoms with E-state index in [1.807, 2.05) is 0 Å². The largest absolute Gasteiger partial charge is 0.416 e. The van der Waals surface area contributed by atoms with E-state index in [-0.39, 0.29) is 36.9 Å². The van der Waals surface area contributed by atoms with Gasteiger partial charge in [0.2, 0.25) is 0 Å². The van der Waals surface area contributed by atoms with Crippen LogP contribution in [0.3, 0.4) is 0 Å². The van der Waals surface area contributed by atoms with Gasteiger partial charge in [-0.1, -0.05) is 0 Å². The van der Waals surface area contributed by atoms with E-state index in [2.05, 4.69) is 0 Å². The molecule has 0 saturated carbocycles. The van der Waals surface area contributed by atoms with E-state index in [1.165, 1.54) is 4.90 Å². The summed E-state index contributed by atoms with van der Waals surface area (Å²) in [5, 5.41) is 8.94. The molecule has 1 amide bonds. The topological polar surface area (TPSA) is 53.3 Å². The molecule has 0 atom stereocenters. The summed E-state index contributed by atoms with van der Waals surface area (Å²) in [6.45, 7) is 0.377. The third-order valence-corrected chi connectivity index (χ3v) is 2.72. The second-order valence-electron chi connectivity index (χ2n) is 3.94. The Kier molecular flexibility index (Phi) is 3.44. The summed E-state index contributed by atoms with van der Waals surface area (Å²) < 4.78 is 42.6. The van der Waals surface area contributed by atoms with Crippen LogP contribution in [0.25, 0.3) is 0 Å². The first-order chi connectivity index (χ1) is 8.93. The molecule has 1 heterocycles. The van der Waals surface area contributed by atoms with Crippen LogP contribution in [0.15, 0.2) is 18.2 Å². The van der Waals surface area contributed by atoms with Crippen LogP contribution in [0, 0.1) is 11.3 Å². The summed E-state index contributed by atoms with van der Waals surface area (Å²) in [5.41, 5.74) is -0.901. The number of hydrogen-bond donors (Lipinski definition) is 0. The first kappa shape index (κ1) is 13.4. The summed E-state index contributed by atoms with van der Waals surface area (Å²) in [6, 6.07) is 4.44. The van der Waals surface area contributed by atoms with Crippen LogP contribution in [0.4, 0.5) is 18.9 Å². The minimum absolute atomic E-state index is 0.133. The van der Waals surface area contributed by atoms with Gasteiger partial charge in [-0.25, -0.2) is 0 Å². The van der Waals surface area contributed by atoms with E-state index < -0.39 is 11.7 Å². The molecule has 1 aromatic rings. The molecule has 100 valence electrons. The summed E-state index contributed by atoms with van der Waals surface area (Å²) in [6.07, 6.45) is -4.51. The summed E-state index contributed by atoms with van der Waals surface area (Å²) in [5.74, 6) is -0.373. The van der Waals surface area contributed by atoms with Crippen molar-refractivity contribution < 1.29 is 22.7 Å². The van der Waals surface area contributed by atoms with Gasteiger partial charge in [0.05, 0.1) is 23.4 Å². The molecule has 1 saturated heterocycles. The highest BCUT2D eigenvalue weighted by Gasteiger charge is 2.32. The molecular formula is C12H9F3N2O2. The molecule has 0 unspecified atom stereocenters. The van der Waals surface area contributed by atoms with Crippen LogP contribution >= 0.6 is 0 Å². The average Bonchev–Trinajstić information content (AvgIpc) is 2.37. The second-order valence-corrected chi connectivity index (χ2v) is 3.94. The molecule has 19 heavy (non-hydrogen) atoms. The van der Waals surface area contributed by atoms with Crippen LogP contribution in [-0.4, -0.2) is 25.7 Å². The zero-order chi connectivity index (χ0) is 14.0. The maximum atomic E-state index is 12.5. The van der Waals surface area contributed by atoms with Gasteiger partial charge in [-0.2, -0.15) is 18.4 Å². The van der Waals surface area contributed by atoms with Gasteiger partial charge in [-0.05, 0) is 18.2 Å².